The predicted octanol–water partition coefficient (Wildman–Crippen LogP) is 2.61. The second-order valence-corrected chi connectivity index (χ2v) is 5.82. The van der Waals surface area contributed by atoms with Crippen LogP contribution in [0, 0.1) is 0 Å². The van der Waals surface area contributed by atoms with Gasteiger partial charge in [0.25, 0.3) is 0 Å². The van der Waals surface area contributed by atoms with E-state index in [1.165, 1.54) is 64.6 Å². The van der Waals surface area contributed by atoms with Gasteiger partial charge in [0, 0.05) is 19.6 Å². The summed E-state index contributed by atoms with van der Waals surface area (Å²) < 4.78 is 0. The molecule has 0 heterocycles. The molecular formula is C16H34N4. The molecule has 4 nitrogen and oxygen atoms in total. The molecule has 0 saturated heterocycles. The van der Waals surface area contributed by atoms with Crippen LogP contribution in [0.4, 0.5) is 0 Å². The van der Waals surface area contributed by atoms with Crippen molar-refractivity contribution < 1.29 is 0 Å². The van der Waals surface area contributed by atoms with Gasteiger partial charge in [-0.25, -0.2) is 0 Å². The van der Waals surface area contributed by atoms with Crippen LogP contribution in [0.1, 0.15) is 58.8 Å². The molecule has 0 aromatic heterocycles. The van der Waals surface area contributed by atoms with Crippen molar-refractivity contribution in [3.8, 4) is 0 Å². The Bertz CT molecular complexity index is 253. The van der Waals surface area contributed by atoms with E-state index in [4.69, 9.17) is 0 Å². The minimum atomic E-state index is 0.637. The van der Waals surface area contributed by atoms with Gasteiger partial charge in [-0.1, -0.05) is 26.7 Å². The number of rotatable bonds is 9. The lowest BCUT2D eigenvalue weighted by molar-refractivity contribution is 0.271. The summed E-state index contributed by atoms with van der Waals surface area (Å²) in [4.78, 5) is 6.89. The zero-order valence-corrected chi connectivity index (χ0v) is 13.7. The molecule has 0 radical (unpaired) electrons. The quantitative estimate of drug-likeness (QED) is 0.388. The molecule has 118 valence electrons. The summed E-state index contributed by atoms with van der Waals surface area (Å²) in [7, 11) is 1.87. The first-order chi connectivity index (χ1) is 9.80. The summed E-state index contributed by atoms with van der Waals surface area (Å²) in [5.74, 6) is 0.981. The maximum atomic E-state index is 4.32. The first-order valence-electron chi connectivity index (χ1n) is 8.49. The second-order valence-electron chi connectivity index (χ2n) is 5.82. The van der Waals surface area contributed by atoms with Gasteiger partial charge in [-0.3, -0.25) is 4.99 Å². The van der Waals surface area contributed by atoms with Crippen LogP contribution in [0.2, 0.25) is 0 Å². The van der Waals surface area contributed by atoms with Crippen molar-refractivity contribution in [3.63, 3.8) is 0 Å². The highest BCUT2D eigenvalue weighted by Crippen LogP contribution is 2.17. The van der Waals surface area contributed by atoms with Crippen LogP contribution >= 0.6 is 0 Å². The molecule has 1 aliphatic rings. The summed E-state index contributed by atoms with van der Waals surface area (Å²) >= 11 is 0. The SMILES string of the molecule is CCCN(CCC)CCCNC(=NC)NC1CCCC1. The van der Waals surface area contributed by atoms with Gasteiger partial charge in [-0.05, 0) is 51.7 Å². The zero-order chi connectivity index (χ0) is 14.6. The van der Waals surface area contributed by atoms with Gasteiger partial charge < -0.3 is 15.5 Å². The molecule has 1 fully saturated rings. The first kappa shape index (κ1) is 17.3. The van der Waals surface area contributed by atoms with Gasteiger partial charge in [0.2, 0.25) is 0 Å². The number of nitrogens with zero attached hydrogens (tertiary/aromatic N) is 2. The van der Waals surface area contributed by atoms with Crippen LogP contribution in [0.5, 0.6) is 0 Å². The third-order valence-electron chi connectivity index (χ3n) is 3.94. The Hall–Kier alpha value is -0.770. The Balaban J connectivity index is 2.13. The minimum absolute atomic E-state index is 0.637. The first-order valence-corrected chi connectivity index (χ1v) is 8.49. The van der Waals surface area contributed by atoms with Crippen molar-refractivity contribution in [3.05, 3.63) is 0 Å². The van der Waals surface area contributed by atoms with Gasteiger partial charge in [0.1, 0.15) is 0 Å². The maximum Gasteiger partial charge on any atom is 0.191 e. The van der Waals surface area contributed by atoms with Crippen molar-refractivity contribution in [1.29, 1.82) is 0 Å². The van der Waals surface area contributed by atoms with Gasteiger partial charge in [-0.2, -0.15) is 0 Å². The van der Waals surface area contributed by atoms with Crippen LogP contribution in [0.25, 0.3) is 0 Å². The fraction of sp³-hybridized carbons (Fsp3) is 0.938. The highest BCUT2D eigenvalue weighted by molar-refractivity contribution is 5.79. The Labute approximate surface area is 125 Å². The van der Waals surface area contributed by atoms with Crippen molar-refractivity contribution in [2.24, 2.45) is 4.99 Å². The lowest BCUT2D eigenvalue weighted by Gasteiger charge is -2.21. The summed E-state index contributed by atoms with van der Waals surface area (Å²) in [6.45, 7) is 9.17. The van der Waals surface area contributed by atoms with E-state index in [2.05, 4.69) is 34.4 Å². The monoisotopic (exact) mass is 282 g/mol. The topological polar surface area (TPSA) is 39.7 Å². The molecule has 0 aromatic carbocycles. The van der Waals surface area contributed by atoms with Gasteiger partial charge in [-0.15, -0.1) is 0 Å². The fourth-order valence-electron chi connectivity index (χ4n) is 2.94. The zero-order valence-electron chi connectivity index (χ0n) is 13.7. The fourth-order valence-corrected chi connectivity index (χ4v) is 2.94. The molecule has 1 aliphatic carbocycles. The van der Waals surface area contributed by atoms with Crippen LogP contribution in [0.3, 0.4) is 0 Å². The van der Waals surface area contributed by atoms with E-state index in [9.17, 15) is 0 Å². The van der Waals surface area contributed by atoms with E-state index in [0.29, 0.717) is 6.04 Å². The third-order valence-corrected chi connectivity index (χ3v) is 3.94. The molecule has 4 heteroatoms. The number of hydrogen-bond acceptors (Lipinski definition) is 2. The van der Waals surface area contributed by atoms with Crippen LogP contribution in [-0.4, -0.2) is 50.1 Å². The Morgan fingerprint density at radius 2 is 1.75 bits per heavy atom. The average Bonchev–Trinajstić information content (AvgIpc) is 2.95. The van der Waals surface area contributed by atoms with Gasteiger partial charge >= 0.3 is 0 Å². The summed E-state index contributed by atoms with van der Waals surface area (Å²) in [6.07, 6.45) is 8.99. The molecule has 0 aromatic rings. The molecule has 0 spiro atoms. The smallest absolute Gasteiger partial charge is 0.191 e. The second kappa shape index (κ2) is 11.0. The van der Waals surface area contributed by atoms with Gasteiger partial charge in [0.15, 0.2) is 5.96 Å². The van der Waals surface area contributed by atoms with Crippen LogP contribution in [-0.2, 0) is 0 Å². The molecule has 0 aliphatic heterocycles. The highest BCUT2D eigenvalue weighted by Gasteiger charge is 2.15. The van der Waals surface area contributed by atoms with Crippen molar-refractivity contribution in [2.75, 3.05) is 33.2 Å². The van der Waals surface area contributed by atoms with Gasteiger partial charge in [0.05, 0.1) is 0 Å². The molecule has 1 rings (SSSR count). The standard InChI is InChI=1S/C16H34N4/c1-4-12-20(13-5-2)14-8-11-18-16(17-3)19-15-9-6-7-10-15/h15H,4-14H2,1-3H3,(H2,17,18,19). The Kier molecular flexibility index (Phi) is 9.46. The lowest BCUT2D eigenvalue weighted by atomic mass is 10.2. The number of hydrogen-bond donors (Lipinski definition) is 2. The number of aliphatic imine (C=N–C) groups is 1. The highest BCUT2D eigenvalue weighted by atomic mass is 15.2. The number of guanidine groups is 1. The minimum Gasteiger partial charge on any atom is -0.356 e. The van der Waals surface area contributed by atoms with Crippen molar-refractivity contribution >= 4 is 5.96 Å². The van der Waals surface area contributed by atoms with E-state index < -0.39 is 0 Å². The maximum absolute atomic E-state index is 4.32. The Morgan fingerprint density at radius 3 is 2.30 bits per heavy atom. The molecule has 0 atom stereocenters. The van der Waals surface area contributed by atoms with E-state index in [1.807, 2.05) is 7.05 Å². The van der Waals surface area contributed by atoms with E-state index in [0.717, 1.165) is 12.5 Å². The van der Waals surface area contributed by atoms with E-state index >= 15 is 0 Å². The lowest BCUT2D eigenvalue weighted by Crippen LogP contribution is -2.43. The summed E-state index contributed by atoms with van der Waals surface area (Å²) in [5, 5.41) is 6.98. The van der Waals surface area contributed by atoms with Crippen molar-refractivity contribution in [1.82, 2.24) is 15.5 Å². The molecule has 0 bridgehead atoms. The van der Waals surface area contributed by atoms with E-state index in [-0.39, 0.29) is 0 Å². The molecule has 20 heavy (non-hydrogen) atoms. The van der Waals surface area contributed by atoms with Crippen LogP contribution < -0.4 is 10.6 Å². The summed E-state index contributed by atoms with van der Waals surface area (Å²) in [6, 6.07) is 0.637. The predicted molar refractivity (Wildman–Crippen MR) is 88.4 cm³/mol. The summed E-state index contributed by atoms with van der Waals surface area (Å²) in [5.41, 5.74) is 0. The van der Waals surface area contributed by atoms with E-state index in [1.54, 1.807) is 0 Å². The average molecular weight is 282 g/mol. The normalized spacial score (nSPS) is 16.9. The Morgan fingerprint density at radius 1 is 1.10 bits per heavy atom. The molecule has 1 saturated carbocycles. The van der Waals surface area contributed by atoms with Crippen molar-refractivity contribution in [2.45, 2.75) is 64.8 Å². The van der Waals surface area contributed by atoms with Crippen LogP contribution in [0.15, 0.2) is 4.99 Å². The third kappa shape index (κ3) is 7.13. The molecule has 0 unspecified atom stereocenters. The molecular weight excluding hydrogens is 248 g/mol. The molecule has 2 N–H and O–H groups in total. The largest absolute Gasteiger partial charge is 0.356 e. The number of nitrogens with one attached hydrogen (secondary N) is 2. The molecule has 0 amide bonds.